The Morgan fingerprint density at radius 1 is 1.13 bits per heavy atom. The Morgan fingerprint density at radius 2 is 1.80 bits per heavy atom. The topological polar surface area (TPSA) is 12.0 Å². The Morgan fingerprint density at radius 3 is 2.40 bits per heavy atom. The van der Waals surface area contributed by atoms with Gasteiger partial charge >= 0.3 is 0 Å². The lowest BCUT2D eigenvalue weighted by Crippen LogP contribution is -2.16. The molecule has 0 unspecified atom stereocenters. The Kier molecular flexibility index (Phi) is 5.79. The lowest BCUT2D eigenvalue weighted by molar-refractivity contribution is 0.532. The monoisotopic (exact) mass is 277 g/mol. The molecule has 0 saturated carbocycles. The van der Waals surface area contributed by atoms with Crippen LogP contribution in [0, 0.1) is 11.6 Å². The number of rotatable bonds is 6. The van der Waals surface area contributed by atoms with Crippen LogP contribution in [-0.4, -0.2) is 11.9 Å². The first-order chi connectivity index (χ1) is 7.25. The summed E-state index contributed by atoms with van der Waals surface area (Å²) >= 11 is 3.32. The van der Waals surface area contributed by atoms with E-state index in [9.17, 15) is 8.78 Å². The van der Waals surface area contributed by atoms with Gasteiger partial charge in [-0.25, -0.2) is 8.78 Å². The van der Waals surface area contributed by atoms with Gasteiger partial charge in [-0.3, -0.25) is 0 Å². The molecule has 0 radical (unpaired) electrons. The summed E-state index contributed by atoms with van der Waals surface area (Å²) in [5, 5.41) is 3.98. The van der Waals surface area contributed by atoms with Crippen LogP contribution in [0.2, 0.25) is 0 Å². The standard InChI is InChI=1S/C11H14BrF2N/c12-6-1-2-7-15-8-9-10(13)4-3-5-11(9)14/h3-5,15H,1-2,6-8H2. The quantitative estimate of drug-likeness (QED) is 0.622. The zero-order valence-corrected chi connectivity index (χ0v) is 9.99. The van der Waals surface area contributed by atoms with E-state index in [1.807, 2.05) is 0 Å². The second-order valence-electron chi connectivity index (χ2n) is 3.27. The molecule has 1 N–H and O–H groups in total. The van der Waals surface area contributed by atoms with Crippen LogP contribution in [0.3, 0.4) is 0 Å². The van der Waals surface area contributed by atoms with E-state index in [2.05, 4.69) is 21.2 Å². The fraction of sp³-hybridized carbons (Fsp3) is 0.455. The molecule has 0 aromatic heterocycles. The maximum atomic E-state index is 13.1. The van der Waals surface area contributed by atoms with Crippen molar-refractivity contribution < 1.29 is 8.78 Å². The van der Waals surface area contributed by atoms with Gasteiger partial charge in [-0.1, -0.05) is 22.0 Å². The van der Waals surface area contributed by atoms with E-state index in [1.54, 1.807) is 0 Å². The lowest BCUT2D eigenvalue weighted by Gasteiger charge is -2.06. The third-order valence-corrected chi connectivity index (χ3v) is 2.66. The Bertz CT molecular complexity index is 284. The smallest absolute Gasteiger partial charge is 0.130 e. The third kappa shape index (κ3) is 4.26. The van der Waals surface area contributed by atoms with Gasteiger partial charge in [0.25, 0.3) is 0 Å². The van der Waals surface area contributed by atoms with Crippen molar-refractivity contribution in [2.75, 3.05) is 11.9 Å². The first-order valence-electron chi connectivity index (χ1n) is 4.95. The molecule has 1 aromatic carbocycles. The molecule has 84 valence electrons. The van der Waals surface area contributed by atoms with Crippen molar-refractivity contribution in [3.05, 3.63) is 35.4 Å². The summed E-state index contributed by atoms with van der Waals surface area (Å²) in [7, 11) is 0. The first-order valence-corrected chi connectivity index (χ1v) is 6.07. The molecule has 0 saturated heterocycles. The van der Waals surface area contributed by atoms with Gasteiger partial charge in [-0.05, 0) is 31.5 Å². The minimum Gasteiger partial charge on any atom is -0.312 e. The number of hydrogen-bond acceptors (Lipinski definition) is 1. The van der Waals surface area contributed by atoms with Crippen molar-refractivity contribution in [2.45, 2.75) is 19.4 Å². The number of hydrogen-bond donors (Lipinski definition) is 1. The van der Waals surface area contributed by atoms with Crippen LogP contribution in [0.15, 0.2) is 18.2 Å². The normalized spacial score (nSPS) is 10.6. The van der Waals surface area contributed by atoms with Crippen molar-refractivity contribution >= 4 is 15.9 Å². The molecule has 0 atom stereocenters. The summed E-state index contributed by atoms with van der Waals surface area (Å²) in [6.45, 7) is 1.03. The van der Waals surface area contributed by atoms with Crippen LogP contribution >= 0.6 is 15.9 Å². The number of benzene rings is 1. The molecule has 15 heavy (non-hydrogen) atoms. The molecular weight excluding hydrogens is 264 g/mol. The number of nitrogens with one attached hydrogen (secondary N) is 1. The van der Waals surface area contributed by atoms with Gasteiger partial charge in [0.15, 0.2) is 0 Å². The molecule has 4 heteroatoms. The van der Waals surface area contributed by atoms with Crippen LogP contribution in [0.5, 0.6) is 0 Å². The summed E-state index contributed by atoms with van der Waals surface area (Å²) in [4.78, 5) is 0. The summed E-state index contributed by atoms with van der Waals surface area (Å²) in [6, 6.07) is 3.93. The van der Waals surface area contributed by atoms with Crippen LogP contribution in [0.4, 0.5) is 8.78 Å². The van der Waals surface area contributed by atoms with Crippen molar-refractivity contribution in [3.8, 4) is 0 Å². The first kappa shape index (κ1) is 12.6. The van der Waals surface area contributed by atoms with E-state index in [-0.39, 0.29) is 12.1 Å². The minimum atomic E-state index is -0.483. The van der Waals surface area contributed by atoms with Gasteiger partial charge in [0.05, 0.1) is 0 Å². The molecule has 0 heterocycles. The second kappa shape index (κ2) is 6.90. The summed E-state index contributed by atoms with van der Waals surface area (Å²) < 4.78 is 26.3. The zero-order valence-electron chi connectivity index (χ0n) is 8.40. The van der Waals surface area contributed by atoms with E-state index in [0.717, 1.165) is 24.7 Å². The predicted molar refractivity (Wildman–Crippen MR) is 61.1 cm³/mol. The van der Waals surface area contributed by atoms with Gasteiger partial charge in [0.2, 0.25) is 0 Å². The molecule has 0 aliphatic heterocycles. The van der Waals surface area contributed by atoms with Gasteiger partial charge in [0.1, 0.15) is 11.6 Å². The van der Waals surface area contributed by atoms with E-state index >= 15 is 0 Å². The van der Waals surface area contributed by atoms with E-state index < -0.39 is 11.6 Å². The number of alkyl halides is 1. The van der Waals surface area contributed by atoms with Crippen molar-refractivity contribution in [1.82, 2.24) is 5.32 Å². The van der Waals surface area contributed by atoms with Crippen LogP contribution in [-0.2, 0) is 6.54 Å². The summed E-state index contributed by atoms with van der Waals surface area (Å²) in [6.07, 6.45) is 2.06. The predicted octanol–water partition coefficient (Wildman–Crippen LogP) is 3.23. The van der Waals surface area contributed by atoms with Crippen LogP contribution in [0.1, 0.15) is 18.4 Å². The average molecular weight is 278 g/mol. The van der Waals surface area contributed by atoms with Crippen LogP contribution < -0.4 is 5.32 Å². The molecule has 1 nitrogen and oxygen atoms in total. The maximum absolute atomic E-state index is 13.1. The third-order valence-electron chi connectivity index (χ3n) is 2.10. The SMILES string of the molecule is Fc1cccc(F)c1CNCCCCBr. The Balaban J connectivity index is 2.37. The highest BCUT2D eigenvalue weighted by Crippen LogP contribution is 2.11. The Hall–Kier alpha value is -0.480. The van der Waals surface area contributed by atoms with Gasteiger partial charge < -0.3 is 5.32 Å². The maximum Gasteiger partial charge on any atom is 0.130 e. The molecule has 0 aliphatic rings. The molecule has 1 rings (SSSR count). The summed E-state index contributed by atoms with van der Waals surface area (Å²) in [5.74, 6) is -0.967. The molecule has 0 spiro atoms. The highest BCUT2D eigenvalue weighted by atomic mass is 79.9. The molecule has 0 amide bonds. The van der Waals surface area contributed by atoms with Crippen LogP contribution in [0.25, 0.3) is 0 Å². The molecule has 0 aliphatic carbocycles. The molecule has 1 aromatic rings. The largest absolute Gasteiger partial charge is 0.312 e. The fourth-order valence-electron chi connectivity index (χ4n) is 1.26. The fourth-order valence-corrected chi connectivity index (χ4v) is 1.66. The van der Waals surface area contributed by atoms with E-state index in [4.69, 9.17) is 0 Å². The number of unbranched alkanes of at least 4 members (excludes halogenated alkanes) is 1. The Labute approximate surface area is 97.0 Å². The van der Waals surface area contributed by atoms with Gasteiger partial charge in [-0.2, -0.15) is 0 Å². The average Bonchev–Trinajstić information content (AvgIpc) is 2.21. The van der Waals surface area contributed by atoms with E-state index in [1.165, 1.54) is 18.2 Å². The lowest BCUT2D eigenvalue weighted by atomic mass is 10.2. The zero-order chi connectivity index (χ0) is 11.1. The second-order valence-corrected chi connectivity index (χ2v) is 4.07. The molecule has 0 bridgehead atoms. The van der Waals surface area contributed by atoms with Gasteiger partial charge in [0, 0.05) is 17.4 Å². The summed E-state index contributed by atoms with van der Waals surface area (Å²) in [5.41, 5.74) is 0.122. The molecular formula is C11H14BrF2N. The van der Waals surface area contributed by atoms with Crippen molar-refractivity contribution in [2.24, 2.45) is 0 Å². The minimum absolute atomic E-state index is 0.122. The van der Waals surface area contributed by atoms with Crippen molar-refractivity contribution in [3.63, 3.8) is 0 Å². The van der Waals surface area contributed by atoms with Gasteiger partial charge in [-0.15, -0.1) is 0 Å². The highest BCUT2D eigenvalue weighted by Gasteiger charge is 2.06. The number of halogens is 3. The van der Waals surface area contributed by atoms with E-state index in [0.29, 0.717) is 0 Å². The molecule has 0 fully saturated rings. The highest BCUT2D eigenvalue weighted by molar-refractivity contribution is 9.09. The van der Waals surface area contributed by atoms with Crippen molar-refractivity contribution in [1.29, 1.82) is 0 Å².